The van der Waals surface area contributed by atoms with Gasteiger partial charge in [0.05, 0.1) is 7.11 Å². The third-order valence-corrected chi connectivity index (χ3v) is 4.48. The molecular weight excluding hydrogens is 264 g/mol. The summed E-state index contributed by atoms with van der Waals surface area (Å²) >= 11 is 0. The highest BCUT2D eigenvalue weighted by atomic mass is 16.6. The van der Waals surface area contributed by atoms with Gasteiger partial charge in [0, 0.05) is 0 Å². The van der Waals surface area contributed by atoms with Gasteiger partial charge in [0.2, 0.25) is 0 Å². The molecule has 0 N–H and O–H groups in total. The molecule has 1 fully saturated rings. The Morgan fingerprint density at radius 1 is 1.33 bits per heavy atom. The van der Waals surface area contributed by atoms with E-state index in [0.717, 1.165) is 31.2 Å². The number of esters is 1. The van der Waals surface area contributed by atoms with Gasteiger partial charge in [-0.25, -0.2) is 4.79 Å². The molecular formula is C18H24O3. The van der Waals surface area contributed by atoms with Gasteiger partial charge < -0.3 is 9.47 Å². The van der Waals surface area contributed by atoms with Crippen molar-refractivity contribution in [2.24, 2.45) is 5.92 Å². The summed E-state index contributed by atoms with van der Waals surface area (Å²) in [6, 6.07) is 5.43. The molecule has 1 saturated carbocycles. The third-order valence-electron chi connectivity index (χ3n) is 4.48. The fraction of sp³-hybridized carbons (Fsp3) is 0.500. The van der Waals surface area contributed by atoms with Crippen LogP contribution in [0.25, 0.3) is 6.08 Å². The van der Waals surface area contributed by atoms with Crippen molar-refractivity contribution in [3.63, 3.8) is 0 Å². The van der Waals surface area contributed by atoms with E-state index < -0.39 is 0 Å². The largest absolute Gasteiger partial charge is 0.496 e. The van der Waals surface area contributed by atoms with E-state index in [0.29, 0.717) is 17.2 Å². The highest BCUT2D eigenvalue weighted by Gasteiger charge is 2.41. The lowest BCUT2D eigenvalue weighted by atomic mass is 9.88. The van der Waals surface area contributed by atoms with E-state index in [-0.39, 0.29) is 11.6 Å². The van der Waals surface area contributed by atoms with Crippen LogP contribution in [0.3, 0.4) is 0 Å². The monoisotopic (exact) mass is 288 g/mol. The van der Waals surface area contributed by atoms with E-state index in [1.807, 2.05) is 6.07 Å². The Morgan fingerprint density at radius 3 is 2.52 bits per heavy atom. The van der Waals surface area contributed by atoms with Crippen molar-refractivity contribution in [3.8, 4) is 5.75 Å². The van der Waals surface area contributed by atoms with Crippen LogP contribution in [-0.2, 0) is 4.74 Å². The molecule has 1 aliphatic carbocycles. The quantitative estimate of drug-likeness (QED) is 0.750. The molecule has 2 rings (SSSR count). The Balaban J connectivity index is 2.29. The van der Waals surface area contributed by atoms with Gasteiger partial charge in [-0.1, -0.05) is 32.6 Å². The number of ether oxygens (including phenoxy) is 2. The topological polar surface area (TPSA) is 35.5 Å². The minimum absolute atomic E-state index is 0.300. The molecule has 1 aromatic rings. The Labute approximate surface area is 127 Å². The molecule has 0 saturated heterocycles. The van der Waals surface area contributed by atoms with Crippen molar-refractivity contribution in [1.82, 2.24) is 0 Å². The summed E-state index contributed by atoms with van der Waals surface area (Å²) in [6.45, 7) is 7.98. The van der Waals surface area contributed by atoms with E-state index in [9.17, 15) is 4.79 Å². The second kappa shape index (κ2) is 6.33. The average Bonchev–Trinajstić information content (AvgIpc) is 2.96. The first kappa shape index (κ1) is 15.6. The minimum Gasteiger partial charge on any atom is -0.496 e. The molecule has 0 amide bonds. The van der Waals surface area contributed by atoms with Crippen molar-refractivity contribution in [3.05, 3.63) is 35.9 Å². The molecule has 0 bridgehead atoms. The minimum atomic E-state index is -0.327. The average molecular weight is 288 g/mol. The molecule has 1 aromatic carbocycles. The first-order valence-electron chi connectivity index (χ1n) is 7.56. The molecule has 3 heteroatoms. The summed E-state index contributed by atoms with van der Waals surface area (Å²) in [5.41, 5.74) is 1.03. The van der Waals surface area contributed by atoms with E-state index in [2.05, 4.69) is 20.4 Å². The van der Waals surface area contributed by atoms with Crippen LogP contribution >= 0.6 is 0 Å². The number of hydrogen-bond donors (Lipinski definition) is 0. The van der Waals surface area contributed by atoms with Crippen LogP contribution in [0.1, 0.15) is 55.5 Å². The van der Waals surface area contributed by atoms with E-state index >= 15 is 0 Å². The van der Waals surface area contributed by atoms with Crippen LogP contribution in [0.4, 0.5) is 0 Å². The van der Waals surface area contributed by atoms with Crippen LogP contribution in [0.5, 0.6) is 5.75 Å². The summed E-state index contributed by atoms with van der Waals surface area (Å²) in [4.78, 5) is 12.6. The van der Waals surface area contributed by atoms with Crippen LogP contribution in [0.15, 0.2) is 24.8 Å². The Bertz CT molecular complexity index is 525. The van der Waals surface area contributed by atoms with Gasteiger partial charge in [-0.05, 0) is 49.3 Å². The maximum atomic E-state index is 12.6. The molecule has 3 nitrogen and oxygen atoms in total. The number of rotatable bonds is 5. The lowest BCUT2D eigenvalue weighted by Gasteiger charge is -2.33. The molecule has 21 heavy (non-hydrogen) atoms. The number of carbonyl (C=O) groups is 1. The molecule has 0 radical (unpaired) electrons. The molecule has 0 aliphatic heterocycles. The zero-order chi connectivity index (χ0) is 15.5. The Kier molecular flexibility index (Phi) is 4.71. The maximum Gasteiger partial charge on any atom is 0.342 e. The van der Waals surface area contributed by atoms with E-state index in [1.165, 1.54) is 0 Å². The van der Waals surface area contributed by atoms with Crippen LogP contribution in [-0.4, -0.2) is 18.7 Å². The van der Waals surface area contributed by atoms with E-state index in [4.69, 9.17) is 9.47 Å². The predicted octanol–water partition coefficient (Wildman–Crippen LogP) is 4.46. The van der Waals surface area contributed by atoms with Gasteiger partial charge in [-0.2, -0.15) is 0 Å². The molecule has 1 aliphatic rings. The number of benzene rings is 1. The zero-order valence-corrected chi connectivity index (χ0v) is 13.1. The molecule has 0 spiro atoms. The van der Waals surface area contributed by atoms with Crippen LogP contribution in [0.2, 0.25) is 0 Å². The highest BCUT2D eigenvalue weighted by Crippen LogP contribution is 2.40. The van der Waals surface area contributed by atoms with Crippen LogP contribution < -0.4 is 4.74 Å². The number of carbonyl (C=O) groups excluding carboxylic acids is 1. The molecule has 0 aromatic heterocycles. The molecule has 0 heterocycles. The van der Waals surface area contributed by atoms with Gasteiger partial charge in [-0.3, -0.25) is 0 Å². The van der Waals surface area contributed by atoms with E-state index in [1.54, 1.807) is 25.3 Å². The maximum absolute atomic E-state index is 12.6. The van der Waals surface area contributed by atoms with Gasteiger partial charge >= 0.3 is 5.97 Å². The van der Waals surface area contributed by atoms with Crippen molar-refractivity contribution >= 4 is 12.0 Å². The van der Waals surface area contributed by atoms with Crippen molar-refractivity contribution in [1.29, 1.82) is 0 Å². The molecule has 114 valence electrons. The fourth-order valence-corrected chi connectivity index (χ4v) is 3.02. The zero-order valence-electron chi connectivity index (χ0n) is 13.1. The first-order chi connectivity index (χ1) is 10.0. The second-order valence-corrected chi connectivity index (χ2v) is 5.98. The fourth-order valence-electron chi connectivity index (χ4n) is 3.02. The summed E-state index contributed by atoms with van der Waals surface area (Å²) in [6.07, 6.45) is 5.84. The number of methoxy groups -OCH3 is 1. The van der Waals surface area contributed by atoms with Crippen molar-refractivity contribution in [2.45, 2.75) is 45.1 Å². The second-order valence-electron chi connectivity index (χ2n) is 5.98. The summed E-state index contributed by atoms with van der Waals surface area (Å²) in [5.74, 6) is 0.561. The summed E-state index contributed by atoms with van der Waals surface area (Å²) < 4.78 is 11.2. The smallest absolute Gasteiger partial charge is 0.342 e. The third kappa shape index (κ3) is 3.12. The highest BCUT2D eigenvalue weighted by molar-refractivity contribution is 5.93. The lowest BCUT2D eigenvalue weighted by molar-refractivity contribution is -0.0399. The van der Waals surface area contributed by atoms with Crippen molar-refractivity contribution < 1.29 is 14.3 Å². The van der Waals surface area contributed by atoms with Crippen molar-refractivity contribution in [2.75, 3.05) is 7.11 Å². The molecule has 0 unspecified atom stereocenters. The van der Waals surface area contributed by atoms with Gasteiger partial charge in [-0.15, -0.1) is 0 Å². The SMILES string of the molecule is C=Cc1ccc(OC)c(C(=O)OC2(C(C)C)CCCC2)c1. The number of hydrogen-bond acceptors (Lipinski definition) is 3. The summed E-state index contributed by atoms with van der Waals surface area (Å²) in [5, 5.41) is 0. The Hall–Kier alpha value is -1.77. The normalized spacial score (nSPS) is 16.8. The summed E-state index contributed by atoms with van der Waals surface area (Å²) in [7, 11) is 1.56. The van der Waals surface area contributed by atoms with Gasteiger partial charge in [0.1, 0.15) is 16.9 Å². The van der Waals surface area contributed by atoms with Gasteiger partial charge in [0.25, 0.3) is 0 Å². The Morgan fingerprint density at radius 2 is 2.00 bits per heavy atom. The first-order valence-corrected chi connectivity index (χ1v) is 7.56. The molecule has 0 atom stereocenters. The predicted molar refractivity (Wildman–Crippen MR) is 84.5 cm³/mol. The van der Waals surface area contributed by atoms with Gasteiger partial charge in [0.15, 0.2) is 0 Å². The standard InChI is InChI=1S/C18H24O3/c1-5-14-8-9-16(20-4)15(12-14)17(19)21-18(13(2)3)10-6-7-11-18/h5,8-9,12-13H,1,6-7,10-11H2,2-4H3. The van der Waals surface area contributed by atoms with Crippen LogP contribution in [0, 0.1) is 5.92 Å². The lowest BCUT2D eigenvalue weighted by Crippen LogP contribution is -2.37.